The number of thioether (sulfide) groups is 1. The summed E-state index contributed by atoms with van der Waals surface area (Å²) in [7, 11) is 0. The van der Waals surface area contributed by atoms with E-state index in [9.17, 15) is 17.8 Å². The molecule has 1 aromatic carbocycles. The van der Waals surface area contributed by atoms with Gasteiger partial charge in [0.2, 0.25) is 11.8 Å². The minimum Gasteiger partial charge on any atom is -0.473 e. The first-order valence-corrected chi connectivity index (χ1v) is 11.7. The highest BCUT2D eigenvalue weighted by Gasteiger charge is 2.21. The molecule has 0 saturated carbocycles. The van der Waals surface area contributed by atoms with E-state index in [4.69, 9.17) is 4.74 Å². The molecule has 2 aromatic rings. The van der Waals surface area contributed by atoms with Crippen molar-refractivity contribution in [1.82, 2.24) is 19.6 Å². The number of hydrogen-bond donors (Lipinski definition) is 2. The third-order valence-corrected chi connectivity index (χ3v) is 6.39. The Kier molecular flexibility index (Phi) is 8.15. The molecule has 31 heavy (non-hydrogen) atoms. The maximum Gasteiger partial charge on any atom is 0.219 e. The van der Waals surface area contributed by atoms with Crippen LogP contribution in [0.3, 0.4) is 0 Å². The van der Waals surface area contributed by atoms with Gasteiger partial charge in [-0.15, -0.1) is 0 Å². The lowest BCUT2D eigenvalue weighted by molar-refractivity contribution is -0.119. The van der Waals surface area contributed by atoms with E-state index >= 15 is 0 Å². The summed E-state index contributed by atoms with van der Waals surface area (Å²) in [5.41, 5.74) is 0.178. The van der Waals surface area contributed by atoms with Crippen LogP contribution in [0.1, 0.15) is 25.8 Å². The highest BCUT2D eigenvalue weighted by Crippen LogP contribution is 2.26. The Bertz CT molecular complexity index is 962. The number of halogens is 2. The van der Waals surface area contributed by atoms with Crippen LogP contribution in [0.25, 0.3) is 0 Å². The Hall–Kier alpha value is -2.31. The molecule has 1 aromatic heterocycles. The van der Waals surface area contributed by atoms with Crippen LogP contribution in [0.2, 0.25) is 0 Å². The van der Waals surface area contributed by atoms with Crippen molar-refractivity contribution in [2.45, 2.75) is 37.3 Å². The summed E-state index contributed by atoms with van der Waals surface area (Å²) in [6.45, 7) is 4.90. The van der Waals surface area contributed by atoms with Crippen molar-refractivity contribution in [2.24, 2.45) is 0 Å². The zero-order valence-corrected chi connectivity index (χ0v) is 18.7. The van der Waals surface area contributed by atoms with E-state index in [1.807, 2.05) is 0 Å². The zero-order chi connectivity index (χ0) is 22.4. The maximum absolute atomic E-state index is 13.9. The zero-order valence-electron chi connectivity index (χ0n) is 17.1. The molecule has 1 saturated heterocycles. The van der Waals surface area contributed by atoms with Gasteiger partial charge in [0.05, 0.1) is 6.54 Å². The van der Waals surface area contributed by atoms with E-state index < -0.39 is 22.8 Å². The summed E-state index contributed by atoms with van der Waals surface area (Å²) in [5.74, 6) is -1.43. The molecule has 12 heteroatoms. The lowest BCUT2D eigenvalue weighted by Crippen LogP contribution is -2.41. The standard InChI is InChI=1S/C19H23F2N5O3S2/c1-12(10-22-13(2)27)29-17-9-16(25-31(28)26-7-4-8-26)23-19(24-17)30-11-14-5-3-6-15(20)18(14)21/h3,5-6,9,12H,4,7-8,10-11H2,1-2H3,(H,22,27)(H,23,24,25)/t12-,31?/m1/s1. The van der Waals surface area contributed by atoms with Crippen molar-refractivity contribution in [3.8, 4) is 5.88 Å². The van der Waals surface area contributed by atoms with Gasteiger partial charge in [0.25, 0.3) is 0 Å². The summed E-state index contributed by atoms with van der Waals surface area (Å²) in [4.78, 5) is 19.7. The Morgan fingerprint density at radius 2 is 2.13 bits per heavy atom. The van der Waals surface area contributed by atoms with E-state index in [1.165, 1.54) is 25.1 Å². The van der Waals surface area contributed by atoms with Crippen LogP contribution in [-0.4, -0.2) is 50.1 Å². The van der Waals surface area contributed by atoms with Crippen LogP contribution in [0.15, 0.2) is 29.4 Å². The van der Waals surface area contributed by atoms with Crippen LogP contribution < -0.4 is 14.8 Å². The Morgan fingerprint density at radius 1 is 1.35 bits per heavy atom. The molecule has 8 nitrogen and oxygen atoms in total. The number of rotatable bonds is 10. The number of hydrogen-bond acceptors (Lipinski definition) is 6. The fourth-order valence-electron chi connectivity index (χ4n) is 2.53. The Morgan fingerprint density at radius 3 is 2.81 bits per heavy atom. The second-order valence-electron chi connectivity index (χ2n) is 6.87. The summed E-state index contributed by atoms with van der Waals surface area (Å²) in [5, 5.41) is 2.90. The lowest BCUT2D eigenvalue weighted by atomic mass is 10.2. The van der Waals surface area contributed by atoms with Gasteiger partial charge in [0.15, 0.2) is 28.0 Å². The number of benzene rings is 1. The predicted octanol–water partition coefficient (Wildman–Crippen LogP) is 2.65. The number of aromatic nitrogens is 2. The molecule has 2 heterocycles. The quantitative estimate of drug-likeness (QED) is 0.409. The van der Waals surface area contributed by atoms with Gasteiger partial charge in [0, 0.05) is 37.4 Å². The van der Waals surface area contributed by atoms with E-state index in [0.717, 1.165) is 37.3 Å². The van der Waals surface area contributed by atoms with E-state index in [-0.39, 0.29) is 46.7 Å². The van der Waals surface area contributed by atoms with Gasteiger partial charge in [-0.1, -0.05) is 23.9 Å². The molecule has 1 unspecified atom stereocenters. The van der Waals surface area contributed by atoms with Crippen molar-refractivity contribution in [1.29, 1.82) is 0 Å². The van der Waals surface area contributed by atoms with Gasteiger partial charge in [-0.2, -0.15) is 4.98 Å². The minimum absolute atomic E-state index is 0.100. The Labute approximate surface area is 185 Å². The molecule has 168 valence electrons. The molecule has 1 aliphatic rings. The topological polar surface area (TPSA) is 96.5 Å². The average molecular weight is 472 g/mol. The van der Waals surface area contributed by atoms with Gasteiger partial charge in [-0.3, -0.25) is 9.52 Å². The van der Waals surface area contributed by atoms with Crippen molar-refractivity contribution >= 4 is 34.7 Å². The van der Waals surface area contributed by atoms with Gasteiger partial charge >= 0.3 is 0 Å². The lowest BCUT2D eigenvalue weighted by Gasteiger charge is -2.28. The van der Waals surface area contributed by atoms with Crippen LogP contribution in [0, 0.1) is 11.6 Å². The molecular formula is C19H23F2N5O3S2. The number of amides is 1. The van der Waals surface area contributed by atoms with Crippen molar-refractivity contribution in [2.75, 3.05) is 24.4 Å². The molecule has 0 bridgehead atoms. The molecule has 0 aliphatic carbocycles. The number of carbonyl (C=O) groups excluding carboxylic acids is 1. The molecule has 0 radical (unpaired) electrons. The smallest absolute Gasteiger partial charge is 0.219 e. The number of nitrogens with zero attached hydrogens (tertiary/aromatic N) is 3. The van der Waals surface area contributed by atoms with Crippen LogP contribution in [0.4, 0.5) is 14.6 Å². The maximum atomic E-state index is 13.9. The van der Waals surface area contributed by atoms with E-state index in [1.54, 1.807) is 11.2 Å². The number of carbonyl (C=O) groups is 1. The van der Waals surface area contributed by atoms with Crippen molar-refractivity contribution < 1.29 is 22.5 Å². The summed E-state index contributed by atoms with van der Waals surface area (Å²) < 4.78 is 50.1. The molecule has 1 amide bonds. The average Bonchev–Trinajstić information content (AvgIpc) is 2.66. The summed E-state index contributed by atoms with van der Waals surface area (Å²) >= 11 is -0.359. The third-order valence-electron chi connectivity index (χ3n) is 4.27. The first kappa shape index (κ1) is 23.4. The fraction of sp³-hybridized carbons (Fsp3) is 0.421. The van der Waals surface area contributed by atoms with Crippen molar-refractivity contribution in [3.63, 3.8) is 0 Å². The highest BCUT2D eigenvalue weighted by atomic mass is 32.2. The molecule has 3 rings (SSSR count). The molecule has 2 atom stereocenters. The molecule has 1 aliphatic heterocycles. The van der Waals surface area contributed by atoms with E-state index in [0.29, 0.717) is 0 Å². The number of ether oxygens (including phenoxy) is 1. The molecular weight excluding hydrogens is 448 g/mol. The van der Waals surface area contributed by atoms with Gasteiger partial charge in [-0.25, -0.2) is 22.3 Å². The van der Waals surface area contributed by atoms with E-state index in [2.05, 4.69) is 20.0 Å². The number of anilines is 1. The summed E-state index contributed by atoms with van der Waals surface area (Å²) in [6.07, 6.45) is 0.595. The normalized spacial score (nSPS) is 15.6. The van der Waals surface area contributed by atoms with Gasteiger partial charge < -0.3 is 10.1 Å². The molecule has 0 spiro atoms. The summed E-state index contributed by atoms with van der Waals surface area (Å²) in [6, 6.07) is 5.48. The van der Waals surface area contributed by atoms with Crippen molar-refractivity contribution in [3.05, 3.63) is 41.5 Å². The second kappa shape index (κ2) is 10.8. The largest absolute Gasteiger partial charge is 0.473 e. The monoisotopic (exact) mass is 471 g/mol. The molecule has 2 N–H and O–H groups in total. The van der Waals surface area contributed by atoms with Crippen LogP contribution in [0.5, 0.6) is 5.88 Å². The minimum atomic E-state index is -1.45. The first-order chi connectivity index (χ1) is 14.8. The third kappa shape index (κ3) is 6.84. The highest BCUT2D eigenvalue weighted by molar-refractivity contribution is 7.98. The fourth-order valence-corrected chi connectivity index (χ4v) is 4.35. The van der Waals surface area contributed by atoms with Crippen LogP contribution >= 0.6 is 11.8 Å². The Balaban J connectivity index is 1.75. The molecule has 1 fully saturated rings. The SMILES string of the molecule is CC(=O)NC[C@@H](C)Oc1cc(NS(=O)N2CCC2)nc(SCc2cccc(F)c2F)n1. The van der Waals surface area contributed by atoms with Gasteiger partial charge in [0.1, 0.15) is 11.9 Å². The van der Waals surface area contributed by atoms with Crippen LogP contribution in [-0.2, 0) is 21.7 Å². The second-order valence-corrected chi connectivity index (χ2v) is 9.04. The van der Waals surface area contributed by atoms with Gasteiger partial charge in [-0.05, 0) is 19.4 Å². The predicted molar refractivity (Wildman–Crippen MR) is 115 cm³/mol. The first-order valence-electron chi connectivity index (χ1n) is 9.61. The number of nitrogens with one attached hydrogen (secondary N) is 2.